The molecule has 1 heterocycles. The van der Waals surface area contributed by atoms with Gasteiger partial charge in [0.2, 0.25) is 0 Å². The molecular weight excluding hydrogens is 218 g/mol. The van der Waals surface area contributed by atoms with Crippen molar-refractivity contribution in [3.8, 4) is 0 Å². The molecule has 2 N–H and O–H groups in total. The van der Waals surface area contributed by atoms with Crippen molar-refractivity contribution >= 4 is 15.8 Å². The lowest BCUT2D eigenvalue weighted by Crippen LogP contribution is -2.98. The minimum Gasteiger partial charge on any atom is -0.544 e. The Labute approximate surface area is 89.1 Å². The molecule has 0 spiro atoms. The molecule has 15 heavy (non-hydrogen) atoms. The van der Waals surface area contributed by atoms with Crippen molar-refractivity contribution in [3.05, 3.63) is 11.5 Å². The number of carbonyl (C=O) groups is 1. The third-order valence-electron chi connectivity index (χ3n) is 2.40. The van der Waals surface area contributed by atoms with Gasteiger partial charge in [-0.05, 0) is 6.08 Å². The molecule has 0 amide bonds. The highest BCUT2D eigenvalue weighted by Crippen LogP contribution is 2.05. The van der Waals surface area contributed by atoms with Crippen molar-refractivity contribution in [2.24, 2.45) is 5.92 Å². The molecule has 0 radical (unpaired) electrons. The van der Waals surface area contributed by atoms with Crippen LogP contribution in [0.4, 0.5) is 0 Å². The first-order valence-corrected chi connectivity index (χ1v) is 6.50. The topological polar surface area (TPSA) is 90.9 Å². The number of hydrogen-bond donors (Lipinski definition) is 1. The number of quaternary nitrogens is 1. The number of nitrogens with two attached hydrogens (primary N) is 1. The summed E-state index contributed by atoms with van der Waals surface area (Å²) in [6, 6.07) is -1.01. The predicted molar refractivity (Wildman–Crippen MR) is 52.3 cm³/mol. The van der Waals surface area contributed by atoms with Crippen LogP contribution in [0.3, 0.4) is 0 Å². The van der Waals surface area contributed by atoms with Gasteiger partial charge in [0, 0.05) is 11.3 Å². The third kappa shape index (κ3) is 3.32. The fourth-order valence-corrected chi connectivity index (χ4v) is 2.87. The second-order valence-electron chi connectivity index (χ2n) is 4.10. The number of aliphatic carboxylic acids is 1. The number of rotatable bonds is 4. The minimum absolute atomic E-state index is 0.0243. The molecule has 6 heteroatoms. The number of carboxylic acids is 1. The average Bonchev–Trinajstić information content (AvgIpc) is 2.40. The highest BCUT2D eigenvalue weighted by atomic mass is 32.2. The zero-order chi connectivity index (χ0) is 11.6. The van der Waals surface area contributed by atoms with Crippen LogP contribution in [0.2, 0.25) is 0 Å². The van der Waals surface area contributed by atoms with E-state index in [1.807, 2.05) is 0 Å². The van der Waals surface area contributed by atoms with Crippen LogP contribution in [0.5, 0.6) is 0 Å². The van der Waals surface area contributed by atoms with Crippen molar-refractivity contribution in [1.29, 1.82) is 0 Å². The van der Waals surface area contributed by atoms with Gasteiger partial charge in [-0.1, -0.05) is 13.8 Å². The summed E-state index contributed by atoms with van der Waals surface area (Å²) in [7, 11) is -3.12. The lowest BCUT2D eigenvalue weighted by molar-refractivity contribution is -0.707. The quantitative estimate of drug-likeness (QED) is 0.588. The Balaban J connectivity index is 2.63. The predicted octanol–water partition coefficient (Wildman–Crippen LogP) is -2.36. The van der Waals surface area contributed by atoms with Gasteiger partial charge >= 0.3 is 0 Å². The Morgan fingerprint density at radius 3 is 2.47 bits per heavy atom. The summed E-state index contributed by atoms with van der Waals surface area (Å²) in [5.74, 6) is -1.27. The molecular formula is C9H15NO4S. The normalized spacial score (nSPS) is 25.7. The van der Waals surface area contributed by atoms with Crippen molar-refractivity contribution in [2.45, 2.75) is 25.9 Å². The summed E-state index contributed by atoms with van der Waals surface area (Å²) in [5, 5.41) is 13.5. The smallest absolute Gasteiger partial charge is 0.177 e. The van der Waals surface area contributed by atoms with E-state index >= 15 is 0 Å². The van der Waals surface area contributed by atoms with Crippen LogP contribution in [0.1, 0.15) is 13.8 Å². The number of carbonyl (C=O) groups excluding carboxylic acids is 1. The largest absolute Gasteiger partial charge is 0.544 e. The van der Waals surface area contributed by atoms with Crippen LogP contribution in [0.15, 0.2) is 11.5 Å². The van der Waals surface area contributed by atoms with E-state index in [-0.39, 0.29) is 17.7 Å². The third-order valence-corrected chi connectivity index (χ3v) is 3.82. The van der Waals surface area contributed by atoms with E-state index in [1.165, 1.54) is 6.08 Å². The van der Waals surface area contributed by atoms with Crippen molar-refractivity contribution in [1.82, 2.24) is 0 Å². The Hall–Kier alpha value is -0.880. The summed E-state index contributed by atoms with van der Waals surface area (Å²) >= 11 is 0. The van der Waals surface area contributed by atoms with E-state index < -0.39 is 21.8 Å². The van der Waals surface area contributed by atoms with Crippen LogP contribution >= 0.6 is 0 Å². The second kappa shape index (κ2) is 4.32. The minimum atomic E-state index is -3.12. The molecule has 86 valence electrons. The fourth-order valence-electron chi connectivity index (χ4n) is 1.56. The van der Waals surface area contributed by atoms with Crippen LogP contribution in [0.25, 0.3) is 0 Å². The number of sulfone groups is 1. The van der Waals surface area contributed by atoms with Crippen LogP contribution < -0.4 is 10.4 Å². The van der Waals surface area contributed by atoms with E-state index in [0.717, 1.165) is 5.41 Å². The lowest BCUT2D eigenvalue weighted by atomic mass is 10.0. The number of carboxylic acid groups (broad SMARTS) is 1. The van der Waals surface area contributed by atoms with E-state index in [1.54, 1.807) is 19.2 Å². The van der Waals surface area contributed by atoms with E-state index in [2.05, 4.69) is 0 Å². The molecule has 1 aliphatic heterocycles. The Bertz CT molecular complexity index is 372. The maximum atomic E-state index is 11.1. The number of hydrogen-bond acceptors (Lipinski definition) is 4. The molecule has 0 aliphatic carbocycles. The molecule has 0 aromatic heterocycles. The molecule has 0 aromatic carbocycles. The van der Waals surface area contributed by atoms with Crippen LogP contribution in [-0.2, 0) is 14.6 Å². The summed E-state index contributed by atoms with van der Waals surface area (Å²) in [5.41, 5.74) is 0. The van der Waals surface area contributed by atoms with Gasteiger partial charge in [0.25, 0.3) is 0 Å². The second-order valence-corrected chi connectivity index (χ2v) is 6.03. The highest BCUT2D eigenvalue weighted by molar-refractivity contribution is 7.94. The Kier molecular flexibility index (Phi) is 3.51. The van der Waals surface area contributed by atoms with Crippen molar-refractivity contribution in [2.75, 3.05) is 5.75 Å². The van der Waals surface area contributed by atoms with E-state index in [4.69, 9.17) is 0 Å². The first-order valence-electron chi connectivity index (χ1n) is 4.78. The molecule has 0 saturated heterocycles. The lowest BCUT2D eigenvalue weighted by Gasteiger charge is -2.22. The molecule has 1 rings (SSSR count). The monoisotopic (exact) mass is 233 g/mol. The van der Waals surface area contributed by atoms with Gasteiger partial charge in [0.15, 0.2) is 9.84 Å². The maximum absolute atomic E-state index is 11.1. The summed E-state index contributed by atoms with van der Waals surface area (Å²) in [4.78, 5) is 10.8. The summed E-state index contributed by atoms with van der Waals surface area (Å²) in [6.07, 6.45) is 1.52. The van der Waals surface area contributed by atoms with Gasteiger partial charge in [-0.25, -0.2) is 8.42 Å². The van der Waals surface area contributed by atoms with E-state index in [9.17, 15) is 18.3 Å². The average molecular weight is 233 g/mol. The molecule has 0 unspecified atom stereocenters. The van der Waals surface area contributed by atoms with E-state index in [0.29, 0.717) is 0 Å². The molecule has 0 bridgehead atoms. The highest BCUT2D eigenvalue weighted by Gasteiger charge is 2.29. The molecule has 0 aromatic rings. The fraction of sp³-hybridized carbons (Fsp3) is 0.667. The van der Waals surface area contributed by atoms with Gasteiger partial charge in [0.1, 0.15) is 17.8 Å². The Morgan fingerprint density at radius 1 is 1.53 bits per heavy atom. The van der Waals surface area contributed by atoms with Gasteiger partial charge in [-0.3, -0.25) is 0 Å². The maximum Gasteiger partial charge on any atom is 0.177 e. The Morgan fingerprint density at radius 2 is 2.13 bits per heavy atom. The molecule has 1 aliphatic rings. The molecule has 0 fully saturated rings. The van der Waals surface area contributed by atoms with Crippen LogP contribution in [-0.4, -0.2) is 32.2 Å². The first kappa shape index (κ1) is 12.2. The standard InChI is InChI=1S/C9H15NO4S/c1-6(2)8(9(11)12)10-7-3-4-15(13,14)5-7/h3-4,6-8,10H,5H2,1-2H3,(H,11,12)/t7-,8-/m0/s1. The SMILES string of the molecule is CC(C)[C@H]([NH2+][C@H]1C=CS(=O)(=O)C1)C(=O)[O-]. The van der Waals surface area contributed by atoms with Crippen LogP contribution in [0, 0.1) is 5.92 Å². The molecule has 0 saturated carbocycles. The van der Waals surface area contributed by atoms with Gasteiger partial charge < -0.3 is 15.2 Å². The molecule has 2 atom stereocenters. The first-order chi connectivity index (χ1) is 6.82. The van der Waals surface area contributed by atoms with Gasteiger partial charge in [0.05, 0.1) is 5.97 Å². The van der Waals surface area contributed by atoms with Gasteiger partial charge in [-0.15, -0.1) is 0 Å². The summed E-state index contributed by atoms with van der Waals surface area (Å²) in [6.45, 7) is 3.54. The zero-order valence-corrected chi connectivity index (χ0v) is 9.53. The van der Waals surface area contributed by atoms with Crippen molar-refractivity contribution < 1.29 is 23.6 Å². The van der Waals surface area contributed by atoms with Gasteiger partial charge in [-0.2, -0.15) is 0 Å². The summed E-state index contributed by atoms with van der Waals surface area (Å²) < 4.78 is 22.2. The molecule has 5 nitrogen and oxygen atoms in total. The zero-order valence-electron chi connectivity index (χ0n) is 8.71. The van der Waals surface area contributed by atoms with Crippen molar-refractivity contribution in [3.63, 3.8) is 0 Å².